The zero-order chi connectivity index (χ0) is 8.69. The van der Waals surface area contributed by atoms with Gasteiger partial charge in [0.25, 0.3) is 0 Å². The van der Waals surface area contributed by atoms with Gasteiger partial charge in [0.2, 0.25) is 0 Å². The van der Waals surface area contributed by atoms with Crippen LogP contribution in [0, 0.1) is 10.1 Å². The number of hydrogen-bond acceptors (Lipinski definition) is 5. The minimum Gasteiger partial charge on any atom is -0.430 e. The van der Waals surface area contributed by atoms with Crippen LogP contribution < -0.4 is 0 Å². The van der Waals surface area contributed by atoms with Crippen LogP contribution in [0.1, 0.15) is 0 Å². The Bertz CT molecular complexity index is 200. The lowest BCUT2D eigenvalue weighted by Gasteiger charge is -1.81. The van der Waals surface area contributed by atoms with Gasteiger partial charge in [-0.2, -0.15) is 0 Å². The van der Waals surface area contributed by atoms with Gasteiger partial charge in [-0.1, -0.05) is 4.68 Å². The molecule has 2 N–H and O–H groups in total. The van der Waals surface area contributed by atoms with Gasteiger partial charge < -0.3 is 10.0 Å². The Labute approximate surface area is 62.3 Å². The molecule has 0 aliphatic carbocycles. The number of aromatic nitrogens is 2. The number of rotatable bonds is 1. The summed E-state index contributed by atoms with van der Waals surface area (Å²) in [5.41, 5.74) is 0. The highest BCUT2D eigenvalue weighted by Crippen LogP contribution is 1.80. The lowest BCUT2D eigenvalue weighted by molar-refractivity contribution is -0.542. The summed E-state index contributed by atoms with van der Waals surface area (Å²) in [5.74, 6) is 0. The van der Waals surface area contributed by atoms with Gasteiger partial charge in [-0.3, -0.25) is 0 Å². The van der Waals surface area contributed by atoms with Crippen LogP contribution >= 0.6 is 0 Å². The zero-order valence-corrected chi connectivity index (χ0v) is 5.49. The molecule has 7 nitrogen and oxygen atoms in total. The highest BCUT2D eigenvalue weighted by molar-refractivity contribution is 6.13. The molecule has 0 aromatic carbocycles. The summed E-state index contributed by atoms with van der Waals surface area (Å²) in [6.45, 7) is 0. The Morgan fingerprint density at radius 3 is 2.36 bits per heavy atom. The van der Waals surface area contributed by atoms with Crippen molar-refractivity contribution in [3.63, 3.8) is 0 Å². The second-order valence-corrected chi connectivity index (χ2v) is 1.32. The number of nitro groups is 1. The lowest BCUT2D eigenvalue weighted by atomic mass is 10.5. The summed E-state index contributed by atoms with van der Waals surface area (Å²) in [5, 5.41) is 23.5. The Morgan fingerprint density at radius 2 is 2.18 bits per heavy atom. The predicted octanol–water partition coefficient (Wildman–Crippen LogP) is -1.84. The highest BCUT2D eigenvalue weighted by Gasteiger charge is 1.94. The average molecular weight is 159 g/mol. The second-order valence-electron chi connectivity index (χ2n) is 1.32. The molecule has 0 spiro atoms. The molecule has 1 aromatic heterocycles. The molecular weight excluding hydrogens is 153 g/mol. The van der Waals surface area contributed by atoms with Crippen molar-refractivity contribution in [2.75, 3.05) is 0 Å². The van der Waals surface area contributed by atoms with Gasteiger partial charge in [-0.05, 0) is 0 Å². The normalized spacial score (nSPS) is 7.82. The van der Waals surface area contributed by atoms with E-state index in [1.165, 1.54) is 12.4 Å². The van der Waals surface area contributed by atoms with Gasteiger partial charge in [-0.25, -0.2) is 15.1 Å². The standard InChI is InChI=1S/C3H3N3O2.BH3O2/c7-6(8)5-2-1-4-3-5;2-1-3/h1-3H;1-3H. The summed E-state index contributed by atoms with van der Waals surface area (Å²) < 4.78 is 0.778. The molecule has 11 heavy (non-hydrogen) atoms. The largest absolute Gasteiger partial charge is 0.432 e. The molecular formula is C3H6BN3O4. The Morgan fingerprint density at radius 1 is 1.64 bits per heavy atom. The van der Waals surface area contributed by atoms with Gasteiger partial charge in [0.1, 0.15) is 0 Å². The molecule has 1 heterocycles. The number of hydrogen-bond donors (Lipinski definition) is 2. The summed E-state index contributed by atoms with van der Waals surface area (Å²) in [4.78, 5) is 13.3. The van der Waals surface area contributed by atoms with E-state index in [1.54, 1.807) is 0 Å². The van der Waals surface area contributed by atoms with Crippen LogP contribution in [0.5, 0.6) is 0 Å². The molecule has 0 saturated heterocycles. The SMILES string of the molecule is O=[N+]([O-])n1ccnc1.OBO. The van der Waals surface area contributed by atoms with E-state index in [-0.39, 0.29) is 0 Å². The number of nitrogens with zero attached hydrogens (tertiary/aromatic N) is 3. The van der Waals surface area contributed by atoms with E-state index in [9.17, 15) is 10.1 Å². The lowest BCUT2D eigenvalue weighted by Crippen LogP contribution is -2.04. The van der Waals surface area contributed by atoms with Crippen LogP contribution in [0.25, 0.3) is 0 Å². The third-order valence-electron chi connectivity index (χ3n) is 0.679. The molecule has 0 bridgehead atoms. The molecule has 8 heteroatoms. The minimum atomic E-state index is -0.750. The fourth-order valence-corrected chi connectivity index (χ4v) is 0.349. The Balaban J connectivity index is 0.000000292. The predicted molar refractivity (Wildman–Crippen MR) is 36.2 cm³/mol. The van der Waals surface area contributed by atoms with Crippen molar-refractivity contribution in [3.8, 4) is 0 Å². The monoisotopic (exact) mass is 159 g/mol. The zero-order valence-electron chi connectivity index (χ0n) is 5.49. The molecule has 0 aliphatic rings. The van der Waals surface area contributed by atoms with Gasteiger partial charge in [0.05, 0.1) is 12.4 Å². The van der Waals surface area contributed by atoms with Gasteiger partial charge in [0, 0.05) is 0 Å². The van der Waals surface area contributed by atoms with Gasteiger partial charge >= 0.3 is 7.69 Å². The first-order valence-electron chi connectivity index (χ1n) is 2.56. The summed E-state index contributed by atoms with van der Waals surface area (Å²) in [6.07, 6.45) is 3.74. The molecule has 0 aliphatic heterocycles. The molecule has 60 valence electrons. The van der Waals surface area contributed by atoms with E-state index in [0.717, 1.165) is 11.0 Å². The maximum absolute atomic E-state index is 9.79. The van der Waals surface area contributed by atoms with Crippen molar-refractivity contribution >= 4 is 7.69 Å². The first-order valence-corrected chi connectivity index (χ1v) is 2.56. The number of imidazole rings is 1. The van der Waals surface area contributed by atoms with Crippen molar-refractivity contribution < 1.29 is 15.1 Å². The van der Waals surface area contributed by atoms with Crippen LogP contribution in [0.4, 0.5) is 0 Å². The first kappa shape index (κ1) is 9.59. The molecule has 0 amide bonds. The summed E-state index contributed by atoms with van der Waals surface area (Å²) in [6, 6.07) is 0. The van der Waals surface area contributed by atoms with Crippen molar-refractivity contribution in [1.82, 2.24) is 9.66 Å². The van der Waals surface area contributed by atoms with Crippen molar-refractivity contribution in [1.29, 1.82) is 0 Å². The summed E-state index contributed by atoms with van der Waals surface area (Å²) >= 11 is 0. The van der Waals surface area contributed by atoms with Crippen LogP contribution in [-0.4, -0.2) is 32.4 Å². The van der Waals surface area contributed by atoms with E-state index >= 15 is 0 Å². The van der Waals surface area contributed by atoms with E-state index in [0.29, 0.717) is 0 Å². The van der Waals surface area contributed by atoms with E-state index in [4.69, 9.17) is 10.0 Å². The molecule has 0 radical (unpaired) electrons. The van der Waals surface area contributed by atoms with E-state index in [2.05, 4.69) is 4.98 Å². The second kappa shape index (κ2) is 5.39. The van der Waals surface area contributed by atoms with Crippen LogP contribution in [-0.2, 0) is 0 Å². The summed E-state index contributed by atoms with van der Waals surface area (Å²) in [7, 11) is -0.750. The van der Waals surface area contributed by atoms with E-state index in [1.807, 2.05) is 0 Å². The van der Waals surface area contributed by atoms with Crippen LogP contribution in [0.3, 0.4) is 0 Å². The van der Waals surface area contributed by atoms with Crippen molar-refractivity contribution in [2.45, 2.75) is 0 Å². The fraction of sp³-hybridized carbons (Fsp3) is 0. The van der Waals surface area contributed by atoms with Crippen molar-refractivity contribution in [2.24, 2.45) is 0 Å². The van der Waals surface area contributed by atoms with Gasteiger partial charge in [0.15, 0.2) is 11.4 Å². The molecule has 0 atom stereocenters. The van der Waals surface area contributed by atoms with Crippen LogP contribution in [0.15, 0.2) is 18.7 Å². The average Bonchev–Trinajstić information content (AvgIpc) is 2.38. The quantitative estimate of drug-likeness (QED) is 0.284. The molecule has 0 fully saturated rings. The Hall–Kier alpha value is -1.41. The maximum Gasteiger partial charge on any atom is 0.432 e. The molecule has 1 aromatic rings. The topological polar surface area (TPSA) is 101 Å². The molecule has 0 unspecified atom stereocenters. The van der Waals surface area contributed by atoms with Crippen molar-refractivity contribution in [3.05, 3.63) is 28.8 Å². The van der Waals surface area contributed by atoms with Gasteiger partial charge in [-0.15, -0.1) is 0 Å². The van der Waals surface area contributed by atoms with E-state index < -0.39 is 12.7 Å². The molecule has 0 saturated carbocycles. The highest BCUT2D eigenvalue weighted by atomic mass is 16.7. The third-order valence-corrected chi connectivity index (χ3v) is 0.679. The smallest absolute Gasteiger partial charge is 0.430 e. The maximum atomic E-state index is 9.79. The molecule has 1 rings (SSSR count). The third kappa shape index (κ3) is 4.06. The van der Waals surface area contributed by atoms with Crippen LogP contribution in [0.2, 0.25) is 0 Å². The first-order chi connectivity index (χ1) is 5.22. The minimum absolute atomic E-state index is 0.562. The Kier molecular flexibility index (Phi) is 4.70. The fourth-order valence-electron chi connectivity index (χ4n) is 0.349.